The Balaban J connectivity index is 1.27. The number of ether oxygens (including phenoxy) is 1. The van der Waals surface area contributed by atoms with E-state index in [0.29, 0.717) is 19.0 Å². The lowest BCUT2D eigenvalue weighted by Crippen LogP contribution is -2.48. The van der Waals surface area contributed by atoms with Crippen LogP contribution in [0.25, 0.3) is 0 Å². The number of amides is 2. The summed E-state index contributed by atoms with van der Waals surface area (Å²) < 4.78 is 39.4. The van der Waals surface area contributed by atoms with Gasteiger partial charge in [-0.25, -0.2) is 18.4 Å². The Labute approximate surface area is 326 Å². The summed E-state index contributed by atoms with van der Waals surface area (Å²) in [4.78, 5) is 14.7. The fourth-order valence-electron chi connectivity index (χ4n) is 8.08. The number of carbonyl (C=O) groups is 1. The standard InChI is InChI=1S/C44H51N5O4SSi/c1-43(2,3)55(4,5)52-30-36-29-49-41(53-36)39(28-45-49)54(51,47-42(50)46-40-37-25-15-17-31(37)27-32-18-16-26-38(32)40)48-44(33-19-9-6-10-20-33,34-21-11-7-12-22-34)35-23-13-8-14-24-35/h6-14,19-24,27-28,36H,15-18,25-26,29-30H2,1-5H3,(H2,46,47,48,50,51)/t36-,54-/m1/s1. The van der Waals surface area contributed by atoms with Gasteiger partial charge in [-0.15, -0.1) is 4.36 Å². The highest BCUT2D eigenvalue weighted by atomic mass is 32.2. The maximum Gasteiger partial charge on any atom is 0.354 e. The average molecular weight is 774 g/mol. The highest BCUT2D eigenvalue weighted by Crippen LogP contribution is 2.43. The van der Waals surface area contributed by atoms with Crippen molar-refractivity contribution in [3.05, 3.63) is 142 Å². The van der Waals surface area contributed by atoms with Crippen molar-refractivity contribution in [2.45, 2.75) is 101 Å². The van der Waals surface area contributed by atoms with E-state index in [4.69, 9.17) is 9.16 Å². The number of anilines is 1. The zero-order chi connectivity index (χ0) is 38.4. The Morgan fingerprint density at radius 2 is 1.40 bits per heavy atom. The molecule has 5 aromatic rings. The topological polar surface area (TPSA) is 107 Å². The van der Waals surface area contributed by atoms with E-state index >= 15 is 4.21 Å². The van der Waals surface area contributed by atoms with Gasteiger partial charge < -0.3 is 14.5 Å². The summed E-state index contributed by atoms with van der Waals surface area (Å²) in [5.74, 6) is 0.322. The predicted molar refractivity (Wildman–Crippen MR) is 220 cm³/mol. The molecule has 3 aliphatic rings. The lowest BCUT2D eigenvalue weighted by molar-refractivity contribution is 0.135. The molecule has 0 saturated heterocycles. The van der Waals surface area contributed by atoms with Crippen LogP contribution in [0, 0.1) is 0 Å². The third kappa shape index (κ3) is 6.96. The Morgan fingerprint density at radius 1 is 0.873 bits per heavy atom. The van der Waals surface area contributed by atoms with Crippen LogP contribution in [0.2, 0.25) is 18.1 Å². The van der Waals surface area contributed by atoms with Gasteiger partial charge in [0.25, 0.3) is 0 Å². The average Bonchev–Trinajstić information content (AvgIpc) is 3.99. The van der Waals surface area contributed by atoms with Gasteiger partial charge in [0, 0.05) is 5.69 Å². The normalized spacial score (nSPS) is 17.5. The lowest BCUT2D eigenvalue weighted by Gasteiger charge is -2.37. The Bertz CT molecular complexity index is 2200. The number of hydrogen-bond donors (Lipinski definition) is 2. The first-order valence-electron chi connectivity index (χ1n) is 19.4. The van der Waals surface area contributed by atoms with Crippen LogP contribution in [0.15, 0.2) is 113 Å². The molecule has 286 valence electrons. The van der Waals surface area contributed by atoms with Crippen molar-refractivity contribution in [2.24, 2.45) is 4.36 Å². The zero-order valence-electron chi connectivity index (χ0n) is 32.4. The molecule has 0 bridgehead atoms. The van der Waals surface area contributed by atoms with E-state index in [9.17, 15) is 4.79 Å². The number of aromatic nitrogens is 2. The Hall–Kier alpha value is -4.55. The van der Waals surface area contributed by atoms with Crippen molar-refractivity contribution in [3.8, 4) is 5.88 Å². The van der Waals surface area contributed by atoms with Crippen LogP contribution < -0.4 is 14.8 Å². The molecule has 2 aliphatic carbocycles. The molecule has 11 heteroatoms. The number of nitrogens with one attached hydrogen (secondary N) is 2. The van der Waals surface area contributed by atoms with Crippen molar-refractivity contribution in [1.29, 1.82) is 0 Å². The fraction of sp³-hybridized carbons (Fsp3) is 0.364. The fourth-order valence-corrected chi connectivity index (χ4v) is 11.0. The number of nitrogens with zero attached hydrogens (tertiary/aromatic N) is 3. The number of aryl methyl sites for hydroxylation is 2. The first kappa shape index (κ1) is 37.4. The van der Waals surface area contributed by atoms with E-state index in [1.165, 1.54) is 28.5 Å². The smallest absolute Gasteiger partial charge is 0.354 e. The van der Waals surface area contributed by atoms with Gasteiger partial charge in [0.05, 0.1) is 19.3 Å². The maximum atomic E-state index is 16.3. The molecule has 2 N–H and O–H groups in total. The van der Waals surface area contributed by atoms with Crippen molar-refractivity contribution in [2.75, 3.05) is 11.9 Å². The van der Waals surface area contributed by atoms with E-state index in [0.717, 1.165) is 60.9 Å². The number of hydrogen-bond acceptors (Lipinski definition) is 5. The van der Waals surface area contributed by atoms with E-state index in [1.807, 2.05) is 91.0 Å². The summed E-state index contributed by atoms with van der Waals surface area (Å²) in [5, 5.41) is 7.89. The zero-order valence-corrected chi connectivity index (χ0v) is 34.2. The molecule has 2 amide bonds. The molecular formula is C44H51N5O4SSi. The van der Waals surface area contributed by atoms with Gasteiger partial charge in [-0.2, -0.15) is 5.10 Å². The molecule has 55 heavy (non-hydrogen) atoms. The minimum atomic E-state index is -3.87. The monoisotopic (exact) mass is 773 g/mol. The quantitative estimate of drug-likeness (QED) is 0.109. The molecule has 2 heterocycles. The van der Waals surface area contributed by atoms with Crippen molar-refractivity contribution in [3.63, 3.8) is 0 Å². The van der Waals surface area contributed by atoms with E-state index in [-0.39, 0.29) is 16.0 Å². The number of rotatable bonds is 10. The summed E-state index contributed by atoms with van der Waals surface area (Å²) in [6.07, 6.45) is 7.07. The second kappa shape index (κ2) is 14.5. The van der Waals surface area contributed by atoms with Crippen LogP contribution in [0.3, 0.4) is 0 Å². The molecule has 1 aromatic heterocycles. The molecule has 0 radical (unpaired) electrons. The molecule has 1 aliphatic heterocycles. The summed E-state index contributed by atoms with van der Waals surface area (Å²) in [6, 6.07) is 31.4. The maximum absolute atomic E-state index is 16.3. The minimum absolute atomic E-state index is 0.0312. The molecule has 0 unspecified atom stereocenters. The summed E-state index contributed by atoms with van der Waals surface area (Å²) in [7, 11) is -5.94. The first-order chi connectivity index (χ1) is 26.4. The third-order valence-electron chi connectivity index (χ3n) is 12.0. The Kier molecular flexibility index (Phi) is 9.86. The van der Waals surface area contributed by atoms with Gasteiger partial charge in [0.1, 0.15) is 16.5 Å². The SMILES string of the molecule is CC(C)(C)[Si](C)(C)OC[C@H]1Cn2ncc([S@@](=O)(=NC(=O)Nc3c4c(cc5c3CCC5)CCC4)NC(c3ccccc3)(c3ccccc3)c3ccccc3)c2O1. The molecular weight excluding hydrogens is 723 g/mol. The number of fused-ring (bicyclic) bond motifs is 3. The van der Waals surface area contributed by atoms with Crippen LogP contribution in [-0.2, 0) is 52.1 Å². The summed E-state index contributed by atoms with van der Waals surface area (Å²) in [5.41, 5.74) is 7.07. The van der Waals surface area contributed by atoms with Crippen LogP contribution in [0.5, 0.6) is 5.88 Å². The van der Waals surface area contributed by atoms with Crippen molar-refractivity contribution >= 4 is 30.0 Å². The van der Waals surface area contributed by atoms with E-state index in [2.05, 4.69) is 59.4 Å². The van der Waals surface area contributed by atoms with Gasteiger partial charge in [-0.1, -0.05) is 118 Å². The van der Waals surface area contributed by atoms with Crippen LogP contribution in [0.1, 0.15) is 72.6 Å². The third-order valence-corrected chi connectivity index (χ3v) is 18.4. The summed E-state index contributed by atoms with van der Waals surface area (Å²) in [6.45, 7) is 11.9. The molecule has 0 spiro atoms. The van der Waals surface area contributed by atoms with Gasteiger partial charge in [-0.05, 0) is 95.6 Å². The van der Waals surface area contributed by atoms with Crippen LogP contribution in [0.4, 0.5) is 10.5 Å². The highest BCUT2D eigenvalue weighted by Gasteiger charge is 2.44. The molecule has 0 fully saturated rings. The number of carbonyl (C=O) groups excluding carboxylic acids is 1. The van der Waals surface area contributed by atoms with Gasteiger partial charge >= 0.3 is 6.03 Å². The van der Waals surface area contributed by atoms with Gasteiger partial charge in [-0.3, -0.25) is 0 Å². The van der Waals surface area contributed by atoms with Crippen LogP contribution in [-0.4, -0.2) is 41.0 Å². The van der Waals surface area contributed by atoms with Crippen LogP contribution >= 0.6 is 0 Å². The van der Waals surface area contributed by atoms with Crippen molar-refractivity contribution in [1.82, 2.24) is 14.5 Å². The molecule has 4 aromatic carbocycles. The number of benzene rings is 4. The van der Waals surface area contributed by atoms with Crippen molar-refractivity contribution < 1.29 is 18.2 Å². The molecule has 2 atom stereocenters. The predicted octanol–water partition coefficient (Wildman–Crippen LogP) is 9.20. The largest absolute Gasteiger partial charge is 0.469 e. The van der Waals surface area contributed by atoms with E-state index in [1.54, 1.807) is 4.68 Å². The lowest BCUT2D eigenvalue weighted by atomic mass is 9.78. The summed E-state index contributed by atoms with van der Waals surface area (Å²) >= 11 is 0. The molecule has 8 rings (SSSR count). The first-order valence-corrected chi connectivity index (χ1v) is 23.9. The second-order valence-corrected chi connectivity index (χ2v) is 23.2. The molecule has 0 saturated carbocycles. The minimum Gasteiger partial charge on any atom is -0.469 e. The van der Waals surface area contributed by atoms with E-state index < -0.39 is 29.8 Å². The van der Waals surface area contributed by atoms with Gasteiger partial charge in [0.15, 0.2) is 18.2 Å². The highest BCUT2D eigenvalue weighted by molar-refractivity contribution is 7.92. The molecule has 9 nitrogen and oxygen atoms in total. The second-order valence-electron chi connectivity index (χ2n) is 16.5. The Morgan fingerprint density at radius 3 is 1.91 bits per heavy atom. The number of urea groups is 1. The van der Waals surface area contributed by atoms with Gasteiger partial charge in [0.2, 0.25) is 5.88 Å².